The van der Waals surface area contributed by atoms with Gasteiger partial charge < -0.3 is 15.0 Å². The number of Topliss-reactive ketones (excluding diaryl/α,β-unsaturated/α-hetero) is 1. The van der Waals surface area contributed by atoms with Crippen molar-refractivity contribution in [1.29, 1.82) is 0 Å². The number of aromatic nitrogens is 1. The highest BCUT2D eigenvalue weighted by Gasteiger charge is 2.19. The van der Waals surface area contributed by atoms with Crippen LogP contribution in [0.1, 0.15) is 59.3 Å². The van der Waals surface area contributed by atoms with Crippen LogP contribution in [-0.2, 0) is 4.74 Å². The van der Waals surface area contributed by atoms with Gasteiger partial charge in [-0.1, -0.05) is 13.8 Å². The number of hydrogen-bond donors (Lipinski definition) is 2. The van der Waals surface area contributed by atoms with Gasteiger partial charge in [0.1, 0.15) is 5.69 Å². The summed E-state index contributed by atoms with van der Waals surface area (Å²) >= 11 is 0. The maximum atomic E-state index is 12.1. The molecular formula is C16H26N2O3. The van der Waals surface area contributed by atoms with Crippen LogP contribution in [0, 0.1) is 19.8 Å². The molecule has 0 aromatic carbocycles. The molecule has 0 aliphatic heterocycles. The first-order valence-electron chi connectivity index (χ1n) is 7.40. The molecule has 0 unspecified atom stereocenters. The second-order valence-electron chi connectivity index (χ2n) is 5.76. The van der Waals surface area contributed by atoms with Crippen molar-refractivity contribution in [2.45, 2.75) is 41.0 Å². The Kier molecular flexibility index (Phi) is 6.62. The maximum absolute atomic E-state index is 12.1. The summed E-state index contributed by atoms with van der Waals surface area (Å²) in [6.45, 7) is 11.3. The Bertz CT molecular complexity index is 504. The van der Waals surface area contributed by atoms with Crippen LogP contribution in [0.25, 0.3) is 0 Å². The van der Waals surface area contributed by atoms with Gasteiger partial charge in [-0.25, -0.2) is 0 Å². The summed E-state index contributed by atoms with van der Waals surface area (Å²) in [5.74, 6) is 0.323. The Balaban J connectivity index is 2.46. The minimum absolute atomic E-state index is 0.0256. The minimum atomic E-state index is -0.174. The van der Waals surface area contributed by atoms with E-state index in [-0.39, 0.29) is 11.7 Å². The van der Waals surface area contributed by atoms with Crippen molar-refractivity contribution in [2.24, 2.45) is 5.92 Å². The number of aromatic amines is 1. The number of carbonyl (C=O) groups excluding carboxylic acids is 2. The van der Waals surface area contributed by atoms with Crippen LogP contribution in [-0.4, -0.2) is 36.4 Å². The van der Waals surface area contributed by atoms with Crippen molar-refractivity contribution < 1.29 is 14.3 Å². The van der Waals surface area contributed by atoms with Crippen molar-refractivity contribution in [2.75, 3.05) is 19.8 Å². The van der Waals surface area contributed by atoms with E-state index in [1.807, 2.05) is 0 Å². The normalized spacial score (nSPS) is 11.0. The number of carbonyl (C=O) groups is 2. The van der Waals surface area contributed by atoms with Gasteiger partial charge in [-0.05, 0) is 38.7 Å². The maximum Gasteiger partial charge on any atom is 0.268 e. The van der Waals surface area contributed by atoms with Gasteiger partial charge >= 0.3 is 0 Å². The predicted octanol–water partition coefficient (Wildman–Crippen LogP) is 2.63. The fourth-order valence-electron chi connectivity index (χ4n) is 2.29. The lowest BCUT2D eigenvalue weighted by molar-refractivity contribution is 0.0920. The van der Waals surface area contributed by atoms with Gasteiger partial charge in [-0.3, -0.25) is 9.59 Å². The van der Waals surface area contributed by atoms with Crippen molar-refractivity contribution in [3.05, 3.63) is 22.5 Å². The second kappa shape index (κ2) is 7.98. The Morgan fingerprint density at radius 1 is 1.29 bits per heavy atom. The molecule has 1 aromatic rings. The van der Waals surface area contributed by atoms with Crippen LogP contribution in [0.3, 0.4) is 0 Å². The zero-order chi connectivity index (χ0) is 16.0. The van der Waals surface area contributed by atoms with Crippen molar-refractivity contribution in [1.82, 2.24) is 10.3 Å². The predicted molar refractivity (Wildman–Crippen MR) is 82.9 cm³/mol. The third-order valence-electron chi connectivity index (χ3n) is 3.22. The fourth-order valence-corrected chi connectivity index (χ4v) is 2.29. The van der Waals surface area contributed by atoms with E-state index in [0.29, 0.717) is 35.9 Å². The molecule has 0 fully saturated rings. The van der Waals surface area contributed by atoms with E-state index >= 15 is 0 Å². The fraction of sp³-hybridized carbons (Fsp3) is 0.625. The molecule has 0 aliphatic rings. The third-order valence-corrected chi connectivity index (χ3v) is 3.22. The largest absolute Gasteiger partial charge is 0.381 e. The first kappa shape index (κ1) is 17.4. The second-order valence-corrected chi connectivity index (χ2v) is 5.76. The van der Waals surface area contributed by atoms with Crippen LogP contribution in [0.15, 0.2) is 0 Å². The minimum Gasteiger partial charge on any atom is -0.381 e. The number of aryl methyl sites for hydroxylation is 1. The summed E-state index contributed by atoms with van der Waals surface area (Å²) in [6.07, 6.45) is 0.775. The highest BCUT2D eigenvalue weighted by molar-refractivity contribution is 6.02. The summed E-state index contributed by atoms with van der Waals surface area (Å²) < 4.78 is 5.46. The average Bonchev–Trinajstić information content (AvgIpc) is 2.68. The average molecular weight is 294 g/mol. The lowest BCUT2D eigenvalue weighted by Crippen LogP contribution is -2.26. The van der Waals surface area contributed by atoms with Crippen LogP contribution in [0.2, 0.25) is 0 Å². The zero-order valence-corrected chi connectivity index (χ0v) is 13.6. The SMILES string of the molecule is CC(=O)c1c(C)[nH]c(C(=O)NCCCOCC(C)C)c1C. The summed E-state index contributed by atoms with van der Waals surface area (Å²) in [5.41, 5.74) is 2.54. The topological polar surface area (TPSA) is 71.2 Å². The van der Waals surface area contributed by atoms with Crippen molar-refractivity contribution in [3.63, 3.8) is 0 Å². The molecule has 5 heteroatoms. The van der Waals surface area contributed by atoms with E-state index < -0.39 is 0 Å². The van der Waals surface area contributed by atoms with E-state index in [9.17, 15) is 9.59 Å². The van der Waals surface area contributed by atoms with E-state index in [1.165, 1.54) is 6.92 Å². The molecular weight excluding hydrogens is 268 g/mol. The number of H-pyrrole nitrogens is 1. The molecule has 5 nitrogen and oxygen atoms in total. The molecule has 0 atom stereocenters. The third kappa shape index (κ3) is 5.01. The lowest BCUT2D eigenvalue weighted by atomic mass is 10.1. The number of ketones is 1. The molecule has 118 valence electrons. The molecule has 1 rings (SSSR count). The van der Waals surface area contributed by atoms with Crippen LogP contribution in [0.4, 0.5) is 0 Å². The van der Waals surface area contributed by atoms with Gasteiger partial charge in [0.2, 0.25) is 0 Å². The van der Waals surface area contributed by atoms with E-state index in [0.717, 1.165) is 18.7 Å². The van der Waals surface area contributed by atoms with Gasteiger partial charge in [-0.2, -0.15) is 0 Å². The summed E-state index contributed by atoms with van der Waals surface area (Å²) in [4.78, 5) is 26.6. The zero-order valence-electron chi connectivity index (χ0n) is 13.6. The molecule has 21 heavy (non-hydrogen) atoms. The van der Waals surface area contributed by atoms with E-state index in [2.05, 4.69) is 24.1 Å². The highest BCUT2D eigenvalue weighted by Crippen LogP contribution is 2.18. The Morgan fingerprint density at radius 2 is 1.95 bits per heavy atom. The molecule has 0 bridgehead atoms. The van der Waals surface area contributed by atoms with Crippen molar-refractivity contribution >= 4 is 11.7 Å². The first-order chi connectivity index (χ1) is 9.84. The monoisotopic (exact) mass is 294 g/mol. The summed E-state index contributed by atoms with van der Waals surface area (Å²) in [6, 6.07) is 0. The highest BCUT2D eigenvalue weighted by atomic mass is 16.5. The molecule has 0 aliphatic carbocycles. The summed E-state index contributed by atoms with van der Waals surface area (Å²) in [5, 5.41) is 2.85. The summed E-state index contributed by atoms with van der Waals surface area (Å²) in [7, 11) is 0. The first-order valence-corrected chi connectivity index (χ1v) is 7.40. The molecule has 1 aromatic heterocycles. The number of ether oxygens (including phenoxy) is 1. The lowest BCUT2D eigenvalue weighted by Gasteiger charge is -2.07. The van der Waals surface area contributed by atoms with Crippen molar-refractivity contribution in [3.8, 4) is 0 Å². The van der Waals surface area contributed by atoms with E-state index in [1.54, 1.807) is 13.8 Å². The molecule has 2 N–H and O–H groups in total. The van der Waals surface area contributed by atoms with Crippen LogP contribution < -0.4 is 5.32 Å². The van der Waals surface area contributed by atoms with Gasteiger partial charge in [-0.15, -0.1) is 0 Å². The van der Waals surface area contributed by atoms with Crippen LogP contribution in [0.5, 0.6) is 0 Å². The number of hydrogen-bond acceptors (Lipinski definition) is 3. The number of amides is 1. The standard InChI is InChI=1S/C16H26N2O3/c1-10(2)9-21-8-6-7-17-16(20)15-11(3)14(13(5)19)12(4)18-15/h10,18H,6-9H2,1-5H3,(H,17,20). The molecule has 0 saturated carbocycles. The van der Waals surface area contributed by atoms with Gasteiger partial charge in [0.15, 0.2) is 5.78 Å². The Morgan fingerprint density at radius 3 is 2.48 bits per heavy atom. The number of rotatable bonds is 8. The quantitative estimate of drug-likeness (QED) is 0.572. The Labute approximate surface area is 126 Å². The molecule has 0 saturated heterocycles. The smallest absolute Gasteiger partial charge is 0.268 e. The Hall–Kier alpha value is -1.62. The van der Waals surface area contributed by atoms with Gasteiger partial charge in [0, 0.05) is 31.0 Å². The van der Waals surface area contributed by atoms with Crippen LogP contribution >= 0.6 is 0 Å². The van der Waals surface area contributed by atoms with Gasteiger partial charge in [0.25, 0.3) is 5.91 Å². The molecule has 0 spiro atoms. The molecule has 0 radical (unpaired) electrons. The van der Waals surface area contributed by atoms with Gasteiger partial charge in [0.05, 0.1) is 0 Å². The number of nitrogens with one attached hydrogen (secondary N) is 2. The van der Waals surface area contributed by atoms with E-state index in [4.69, 9.17) is 4.74 Å². The molecule has 1 heterocycles. The molecule has 1 amide bonds.